The zero-order chi connectivity index (χ0) is 15.1. The van der Waals surface area contributed by atoms with Gasteiger partial charge in [0.1, 0.15) is 18.5 Å². The van der Waals surface area contributed by atoms with Crippen molar-refractivity contribution in [1.82, 2.24) is 4.90 Å². The molecule has 1 aromatic rings. The topological polar surface area (TPSA) is 56.5 Å². The standard InChI is InChI=1S/C16H21ClN2O2/c17-13-5-7-16(8-6-13)21-12-15(20)11-19(10-9-18)14-3-1-2-4-14/h5-8,14-15,20H,1-4,10-12H2. The van der Waals surface area contributed by atoms with Gasteiger partial charge in [-0.2, -0.15) is 5.26 Å². The third-order valence-corrected chi connectivity index (χ3v) is 4.07. The van der Waals surface area contributed by atoms with Gasteiger partial charge in [0.25, 0.3) is 0 Å². The molecule has 1 unspecified atom stereocenters. The summed E-state index contributed by atoms with van der Waals surface area (Å²) in [4.78, 5) is 2.07. The monoisotopic (exact) mass is 308 g/mol. The summed E-state index contributed by atoms with van der Waals surface area (Å²) in [5, 5.41) is 19.7. The average molecular weight is 309 g/mol. The summed E-state index contributed by atoms with van der Waals surface area (Å²) in [6.07, 6.45) is 4.06. The van der Waals surface area contributed by atoms with E-state index in [4.69, 9.17) is 21.6 Å². The summed E-state index contributed by atoms with van der Waals surface area (Å²) < 4.78 is 5.55. The molecule has 2 rings (SSSR count). The van der Waals surface area contributed by atoms with E-state index in [1.54, 1.807) is 24.3 Å². The van der Waals surface area contributed by atoms with Gasteiger partial charge in [0.2, 0.25) is 0 Å². The van der Waals surface area contributed by atoms with Crippen molar-refractivity contribution in [2.24, 2.45) is 0 Å². The van der Waals surface area contributed by atoms with Crippen LogP contribution in [-0.4, -0.2) is 41.8 Å². The fourth-order valence-corrected chi connectivity index (χ4v) is 2.88. The van der Waals surface area contributed by atoms with Crippen LogP contribution in [-0.2, 0) is 0 Å². The lowest BCUT2D eigenvalue weighted by molar-refractivity contribution is 0.0584. The summed E-state index contributed by atoms with van der Waals surface area (Å²) in [6, 6.07) is 9.68. The second-order valence-corrected chi connectivity index (χ2v) is 5.88. The van der Waals surface area contributed by atoms with Gasteiger partial charge in [0.05, 0.1) is 12.6 Å². The number of benzene rings is 1. The highest BCUT2D eigenvalue weighted by Crippen LogP contribution is 2.23. The van der Waals surface area contributed by atoms with Crippen molar-refractivity contribution in [3.63, 3.8) is 0 Å². The van der Waals surface area contributed by atoms with Crippen molar-refractivity contribution in [1.29, 1.82) is 5.26 Å². The lowest BCUT2D eigenvalue weighted by Crippen LogP contribution is -2.41. The van der Waals surface area contributed by atoms with Crippen LogP contribution in [0.3, 0.4) is 0 Å². The fourth-order valence-electron chi connectivity index (χ4n) is 2.75. The van der Waals surface area contributed by atoms with Crippen molar-refractivity contribution in [2.45, 2.75) is 37.8 Å². The number of rotatable bonds is 7. The Kier molecular flexibility index (Phi) is 6.31. The first-order valence-corrected chi connectivity index (χ1v) is 7.74. The molecule has 1 fully saturated rings. The van der Waals surface area contributed by atoms with Crippen LogP contribution in [0, 0.1) is 11.3 Å². The lowest BCUT2D eigenvalue weighted by Gasteiger charge is -2.28. The van der Waals surface area contributed by atoms with Gasteiger partial charge in [-0.3, -0.25) is 4.90 Å². The molecule has 0 amide bonds. The van der Waals surface area contributed by atoms with Crippen molar-refractivity contribution >= 4 is 11.6 Å². The molecule has 0 spiro atoms. The Morgan fingerprint density at radius 2 is 2.00 bits per heavy atom. The largest absolute Gasteiger partial charge is 0.491 e. The Bertz CT molecular complexity index is 466. The van der Waals surface area contributed by atoms with E-state index in [2.05, 4.69) is 11.0 Å². The summed E-state index contributed by atoms with van der Waals surface area (Å²) >= 11 is 5.81. The Morgan fingerprint density at radius 1 is 1.33 bits per heavy atom. The fraction of sp³-hybridized carbons (Fsp3) is 0.562. The molecule has 0 saturated heterocycles. The number of hydrogen-bond acceptors (Lipinski definition) is 4. The van der Waals surface area contributed by atoms with Gasteiger partial charge < -0.3 is 9.84 Å². The molecule has 0 bridgehead atoms. The van der Waals surface area contributed by atoms with Crippen LogP contribution in [0.15, 0.2) is 24.3 Å². The molecular weight excluding hydrogens is 288 g/mol. The molecule has 4 nitrogen and oxygen atoms in total. The predicted octanol–water partition coefficient (Wildman–Crippen LogP) is 2.85. The maximum atomic E-state index is 10.1. The van der Waals surface area contributed by atoms with Gasteiger partial charge in [-0.25, -0.2) is 0 Å². The van der Waals surface area contributed by atoms with E-state index >= 15 is 0 Å². The molecule has 1 aliphatic carbocycles. The van der Waals surface area contributed by atoms with Crippen LogP contribution in [0.2, 0.25) is 5.02 Å². The Labute approximate surface area is 130 Å². The summed E-state index contributed by atoms with van der Waals surface area (Å²) in [7, 11) is 0. The Hall–Kier alpha value is -1.28. The molecular formula is C16H21ClN2O2. The zero-order valence-electron chi connectivity index (χ0n) is 12.0. The quantitative estimate of drug-likeness (QED) is 0.787. The van der Waals surface area contributed by atoms with Gasteiger partial charge in [-0.1, -0.05) is 24.4 Å². The van der Waals surface area contributed by atoms with Gasteiger partial charge in [0, 0.05) is 17.6 Å². The van der Waals surface area contributed by atoms with Gasteiger partial charge >= 0.3 is 0 Å². The van der Waals surface area contributed by atoms with Gasteiger partial charge in [-0.15, -0.1) is 0 Å². The molecule has 0 radical (unpaired) electrons. The minimum Gasteiger partial charge on any atom is -0.491 e. The summed E-state index contributed by atoms with van der Waals surface area (Å²) in [5.74, 6) is 0.686. The molecule has 0 heterocycles. The third kappa shape index (κ3) is 5.20. The second-order valence-electron chi connectivity index (χ2n) is 5.44. The number of aliphatic hydroxyl groups excluding tert-OH is 1. The smallest absolute Gasteiger partial charge is 0.119 e. The highest BCUT2D eigenvalue weighted by Gasteiger charge is 2.24. The first-order chi connectivity index (χ1) is 10.2. The number of nitrogens with zero attached hydrogens (tertiary/aromatic N) is 2. The van der Waals surface area contributed by atoms with Crippen LogP contribution in [0.25, 0.3) is 0 Å². The number of nitriles is 1. The second kappa shape index (κ2) is 8.23. The van der Waals surface area contributed by atoms with Crippen LogP contribution in [0.5, 0.6) is 5.75 Å². The molecule has 114 valence electrons. The number of aliphatic hydroxyl groups is 1. The van der Waals surface area contributed by atoms with Crippen LogP contribution < -0.4 is 4.74 Å². The zero-order valence-corrected chi connectivity index (χ0v) is 12.8. The summed E-state index contributed by atoms with van der Waals surface area (Å²) in [6.45, 7) is 1.06. The molecule has 1 aromatic carbocycles. The molecule has 1 saturated carbocycles. The third-order valence-electron chi connectivity index (χ3n) is 3.82. The van der Waals surface area contributed by atoms with Crippen LogP contribution in [0.4, 0.5) is 0 Å². The molecule has 1 atom stereocenters. The van der Waals surface area contributed by atoms with E-state index in [9.17, 15) is 5.11 Å². The van der Waals surface area contributed by atoms with Gasteiger partial charge in [-0.05, 0) is 37.1 Å². The SMILES string of the molecule is N#CCN(CC(O)COc1ccc(Cl)cc1)C1CCCC1. The molecule has 5 heteroatoms. The average Bonchev–Trinajstić information content (AvgIpc) is 3.00. The highest BCUT2D eigenvalue weighted by atomic mass is 35.5. The van der Waals surface area contributed by atoms with Crippen molar-refractivity contribution < 1.29 is 9.84 Å². The van der Waals surface area contributed by atoms with Crippen LogP contribution in [0.1, 0.15) is 25.7 Å². The molecule has 0 aliphatic heterocycles. The van der Waals surface area contributed by atoms with E-state index in [1.807, 2.05) is 0 Å². The normalized spacial score (nSPS) is 16.9. The first kappa shape index (κ1) is 16.1. The minimum atomic E-state index is -0.602. The van der Waals surface area contributed by atoms with Crippen molar-refractivity contribution in [3.8, 4) is 11.8 Å². The lowest BCUT2D eigenvalue weighted by atomic mass is 10.2. The maximum Gasteiger partial charge on any atom is 0.119 e. The predicted molar refractivity (Wildman–Crippen MR) is 82.4 cm³/mol. The van der Waals surface area contributed by atoms with E-state index in [0.717, 1.165) is 12.8 Å². The van der Waals surface area contributed by atoms with Crippen LogP contribution >= 0.6 is 11.6 Å². The van der Waals surface area contributed by atoms with E-state index in [1.165, 1.54) is 12.8 Å². The van der Waals surface area contributed by atoms with E-state index in [0.29, 0.717) is 29.9 Å². The maximum absolute atomic E-state index is 10.1. The Morgan fingerprint density at radius 3 is 2.62 bits per heavy atom. The summed E-state index contributed by atoms with van der Waals surface area (Å²) in [5.41, 5.74) is 0. The van der Waals surface area contributed by atoms with E-state index < -0.39 is 6.10 Å². The van der Waals surface area contributed by atoms with Crippen molar-refractivity contribution in [2.75, 3.05) is 19.7 Å². The highest BCUT2D eigenvalue weighted by molar-refractivity contribution is 6.30. The first-order valence-electron chi connectivity index (χ1n) is 7.36. The molecule has 21 heavy (non-hydrogen) atoms. The molecule has 1 aliphatic rings. The van der Waals surface area contributed by atoms with Crippen molar-refractivity contribution in [3.05, 3.63) is 29.3 Å². The Balaban J connectivity index is 1.80. The number of ether oxygens (including phenoxy) is 1. The number of hydrogen-bond donors (Lipinski definition) is 1. The molecule has 1 N–H and O–H groups in total. The van der Waals surface area contributed by atoms with E-state index in [-0.39, 0.29) is 6.61 Å². The minimum absolute atomic E-state index is 0.219. The molecule has 0 aromatic heterocycles. The van der Waals surface area contributed by atoms with Gasteiger partial charge in [0.15, 0.2) is 0 Å². The number of halogens is 1.